The van der Waals surface area contributed by atoms with Crippen molar-refractivity contribution in [2.75, 3.05) is 69.7 Å². The molecule has 16 nitrogen and oxygen atoms in total. The van der Waals surface area contributed by atoms with Gasteiger partial charge in [-0.2, -0.15) is 29.9 Å². The predicted octanol–water partition coefficient (Wildman–Crippen LogP) is 3.43. The molecule has 0 saturated carbocycles. The van der Waals surface area contributed by atoms with E-state index in [-0.39, 0.29) is 32.3 Å². The summed E-state index contributed by atoms with van der Waals surface area (Å²) in [5.74, 6) is 1.87. The third kappa shape index (κ3) is 9.01. The van der Waals surface area contributed by atoms with Crippen molar-refractivity contribution < 1.29 is 10.2 Å². The number of hydrogen-bond donors (Lipinski definition) is 10. The standard InChI is InChI=1S/C30H36N14O2/c1-18(35-27-39-25(33-13-15-45)42-30(43-27)38-24-4-2-3-21(32)17-24)19-5-9-22(10-6-19)36-28-40-26(34-14-16-46)41-29(44-28)37-23-11-7-20(31)8-12-23/h2-12,17-18,45-46H,13-16,31-32H2,1H3,(H3,33,35,38,39,42,43)(H3,34,36,37,40,41,44). The minimum Gasteiger partial charge on any atom is -0.399 e. The number of nitrogens with zero attached hydrogens (tertiary/aromatic N) is 6. The lowest BCUT2D eigenvalue weighted by molar-refractivity contribution is 0.310. The highest BCUT2D eigenvalue weighted by Crippen LogP contribution is 2.24. The summed E-state index contributed by atoms with van der Waals surface area (Å²) in [7, 11) is 0. The smallest absolute Gasteiger partial charge is 0.233 e. The number of rotatable bonds is 15. The van der Waals surface area contributed by atoms with Crippen LogP contribution in [0.4, 0.5) is 64.1 Å². The maximum atomic E-state index is 9.26. The summed E-state index contributed by atoms with van der Waals surface area (Å²) in [6.07, 6.45) is 0. The fourth-order valence-electron chi connectivity index (χ4n) is 4.18. The minimum atomic E-state index is -0.176. The molecule has 1 unspecified atom stereocenters. The molecule has 0 spiro atoms. The summed E-state index contributed by atoms with van der Waals surface area (Å²) in [5.41, 5.74) is 16.1. The van der Waals surface area contributed by atoms with E-state index in [9.17, 15) is 10.2 Å². The van der Waals surface area contributed by atoms with Crippen LogP contribution >= 0.6 is 0 Å². The van der Waals surface area contributed by atoms with E-state index in [4.69, 9.17) is 11.5 Å². The fourth-order valence-corrected chi connectivity index (χ4v) is 4.18. The Balaban J connectivity index is 1.29. The Hall–Kier alpha value is -6.00. The first-order chi connectivity index (χ1) is 22.4. The van der Waals surface area contributed by atoms with Crippen LogP contribution in [0.3, 0.4) is 0 Å². The molecule has 0 bridgehead atoms. The highest BCUT2D eigenvalue weighted by Gasteiger charge is 2.13. The van der Waals surface area contributed by atoms with E-state index >= 15 is 0 Å². The van der Waals surface area contributed by atoms with Crippen LogP contribution in [0, 0.1) is 0 Å². The Morgan fingerprint density at radius 3 is 1.59 bits per heavy atom. The molecule has 3 aromatic carbocycles. The van der Waals surface area contributed by atoms with Gasteiger partial charge in [-0.25, -0.2) is 0 Å². The molecule has 2 aromatic heterocycles. The largest absolute Gasteiger partial charge is 0.399 e. The number of nitrogen functional groups attached to an aromatic ring is 2. The monoisotopic (exact) mass is 624 g/mol. The molecule has 16 heteroatoms. The maximum absolute atomic E-state index is 9.26. The van der Waals surface area contributed by atoms with Gasteiger partial charge in [-0.3, -0.25) is 0 Å². The van der Waals surface area contributed by atoms with Crippen LogP contribution in [0.25, 0.3) is 0 Å². The van der Waals surface area contributed by atoms with Crippen LogP contribution in [-0.2, 0) is 0 Å². The first-order valence-corrected chi connectivity index (χ1v) is 14.5. The number of nitrogens with two attached hydrogens (primary N) is 2. The van der Waals surface area contributed by atoms with Crippen molar-refractivity contribution in [1.29, 1.82) is 0 Å². The van der Waals surface area contributed by atoms with Crippen molar-refractivity contribution in [3.63, 3.8) is 0 Å². The number of anilines is 11. The molecule has 5 aromatic rings. The van der Waals surface area contributed by atoms with Crippen LogP contribution < -0.4 is 43.4 Å². The van der Waals surface area contributed by atoms with E-state index in [2.05, 4.69) is 61.8 Å². The average Bonchev–Trinajstić information content (AvgIpc) is 3.04. The number of aromatic nitrogens is 6. The Bertz CT molecular complexity index is 1720. The van der Waals surface area contributed by atoms with E-state index in [1.807, 2.05) is 55.5 Å². The molecule has 46 heavy (non-hydrogen) atoms. The normalized spacial score (nSPS) is 11.4. The molecule has 0 fully saturated rings. The Morgan fingerprint density at radius 1 is 0.565 bits per heavy atom. The number of hydrogen-bond acceptors (Lipinski definition) is 16. The summed E-state index contributed by atoms with van der Waals surface area (Å²) in [5, 5.41) is 37.3. The van der Waals surface area contributed by atoms with Gasteiger partial charge in [-0.05, 0) is 67.1 Å². The van der Waals surface area contributed by atoms with Crippen molar-refractivity contribution in [2.45, 2.75) is 13.0 Å². The second-order valence-electron chi connectivity index (χ2n) is 10.0. The highest BCUT2D eigenvalue weighted by atomic mass is 16.3. The maximum Gasteiger partial charge on any atom is 0.233 e. The van der Waals surface area contributed by atoms with E-state index < -0.39 is 0 Å². The second-order valence-corrected chi connectivity index (χ2v) is 10.0. The summed E-state index contributed by atoms with van der Waals surface area (Å²) < 4.78 is 0. The van der Waals surface area contributed by atoms with E-state index in [1.165, 1.54) is 0 Å². The molecule has 5 rings (SSSR count). The molecule has 238 valence electrons. The molecule has 0 radical (unpaired) electrons. The quantitative estimate of drug-likeness (QED) is 0.0750. The highest BCUT2D eigenvalue weighted by molar-refractivity contribution is 5.62. The van der Waals surface area contributed by atoms with Gasteiger partial charge >= 0.3 is 0 Å². The SMILES string of the molecule is CC(Nc1nc(NCCO)nc(Nc2cccc(N)c2)n1)c1ccc(Nc2nc(NCCO)nc(Nc3ccc(N)cc3)n2)cc1. The molecule has 12 N–H and O–H groups in total. The zero-order valence-corrected chi connectivity index (χ0v) is 25.1. The van der Waals surface area contributed by atoms with E-state index in [0.29, 0.717) is 47.1 Å². The van der Waals surface area contributed by atoms with Crippen molar-refractivity contribution in [2.24, 2.45) is 0 Å². The molecule has 1 atom stereocenters. The lowest BCUT2D eigenvalue weighted by Gasteiger charge is -2.17. The number of aliphatic hydroxyl groups excluding tert-OH is 2. The van der Waals surface area contributed by atoms with Crippen LogP contribution in [0.5, 0.6) is 0 Å². The lowest BCUT2D eigenvalue weighted by atomic mass is 10.1. The summed E-state index contributed by atoms with van der Waals surface area (Å²) in [6, 6.07) is 22.0. The molecular formula is C30H36N14O2. The number of benzene rings is 3. The summed E-state index contributed by atoms with van der Waals surface area (Å²) >= 11 is 0. The number of nitrogens with one attached hydrogen (secondary N) is 6. The molecular weight excluding hydrogens is 588 g/mol. The first kappa shape index (κ1) is 31.4. The molecule has 0 aliphatic carbocycles. The second kappa shape index (κ2) is 15.1. The van der Waals surface area contributed by atoms with Gasteiger partial charge in [-0.15, -0.1) is 0 Å². The minimum absolute atomic E-state index is 0.0748. The zero-order chi connectivity index (χ0) is 32.3. The van der Waals surface area contributed by atoms with Gasteiger partial charge in [0.15, 0.2) is 0 Å². The lowest BCUT2D eigenvalue weighted by Crippen LogP contribution is -2.15. The third-order valence-corrected chi connectivity index (χ3v) is 6.38. The van der Waals surface area contributed by atoms with Gasteiger partial charge in [-0.1, -0.05) is 18.2 Å². The van der Waals surface area contributed by atoms with Crippen LogP contribution in [0.1, 0.15) is 18.5 Å². The van der Waals surface area contributed by atoms with Gasteiger partial charge < -0.3 is 53.6 Å². The van der Waals surface area contributed by atoms with Crippen LogP contribution in [-0.4, -0.2) is 66.4 Å². The van der Waals surface area contributed by atoms with Gasteiger partial charge in [0.1, 0.15) is 0 Å². The average molecular weight is 625 g/mol. The van der Waals surface area contributed by atoms with Crippen molar-refractivity contribution in [3.8, 4) is 0 Å². The first-order valence-electron chi connectivity index (χ1n) is 14.5. The predicted molar refractivity (Wildman–Crippen MR) is 181 cm³/mol. The molecule has 0 aliphatic heterocycles. The third-order valence-electron chi connectivity index (χ3n) is 6.38. The van der Waals surface area contributed by atoms with Crippen molar-refractivity contribution in [1.82, 2.24) is 29.9 Å². The van der Waals surface area contributed by atoms with E-state index in [0.717, 1.165) is 22.6 Å². The fraction of sp³-hybridized carbons (Fsp3) is 0.200. The molecule has 2 heterocycles. The van der Waals surface area contributed by atoms with Crippen LogP contribution in [0.15, 0.2) is 72.8 Å². The number of aliphatic hydroxyl groups is 2. The van der Waals surface area contributed by atoms with Gasteiger partial charge in [0, 0.05) is 41.5 Å². The Morgan fingerprint density at radius 2 is 1.04 bits per heavy atom. The van der Waals surface area contributed by atoms with Crippen LogP contribution in [0.2, 0.25) is 0 Å². The van der Waals surface area contributed by atoms with Gasteiger partial charge in [0.2, 0.25) is 35.7 Å². The van der Waals surface area contributed by atoms with E-state index in [1.54, 1.807) is 24.3 Å². The Labute approximate surface area is 265 Å². The summed E-state index contributed by atoms with van der Waals surface area (Å²) in [6.45, 7) is 2.40. The van der Waals surface area contributed by atoms with Crippen molar-refractivity contribution >= 4 is 64.1 Å². The molecule has 0 saturated heterocycles. The Kier molecular flexibility index (Phi) is 10.3. The summed E-state index contributed by atoms with van der Waals surface area (Å²) in [4.78, 5) is 26.7. The zero-order valence-electron chi connectivity index (χ0n) is 25.1. The van der Waals surface area contributed by atoms with Gasteiger partial charge in [0.25, 0.3) is 0 Å². The topological polar surface area (TPSA) is 242 Å². The molecule has 0 amide bonds. The van der Waals surface area contributed by atoms with Gasteiger partial charge in [0.05, 0.1) is 19.3 Å². The molecule has 0 aliphatic rings. The van der Waals surface area contributed by atoms with Crippen molar-refractivity contribution in [3.05, 3.63) is 78.4 Å².